The van der Waals surface area contributed by atoms with Gasteiger partial charge >= 0.3 is 5.97 Å². The number of anilines is 2. The predicted octanol–water partition coefficient (Wildman–Crippen LogP) is 2.44. The van der Waals surface area contributed by atoms with Gasteiger partial charge in [0.15, 0.2) is 0 Å². The fourth-order valence-corrected chi connectivity index (χ4v) is 3.14. The number of hydrogen-bond acceptors (Lipinski definition) is 6. The lowest BCUT2D eigenvalue weighted by Gasteiger charge is -2.31. The first-order chi connectivity index (χ1) is 12.7. The van der Waals surface area contributed by atoms with Crippen molar-refractivity contribution in [1.82, 2.24) is 9.97 Å². The summed E-state index contributed by atoms with van der Waals surface area (Å²) >= 11 is 0. The first-order valence-electron chi connectivity index (χ1n) is 8.82. The minimum atomic E-state index is -0.702. The van der Waals surface area contributed by atoms with Crippen molar-refractivity contribution in [3.63, 3.8) is 0 Å². The highest BCUT2D eigenvalue weighted by Crippen LogP contribution is 2.23. The number of aromatic nitrogens is 2. The van der Waals surface area contributed by atoms with Crippen LogP contribution in [0.1, 0.15) is 18.4 Å². The molecule has 26 heavy (non-hydrogen) atoms. The van der Waals surface area contributed by atoms with Gasteiger partial charge in [0.25, 0.3) is 0 Å². The molecule has 1 aromatic carbocycles. The molecule has 1 fully saturated rings. The van der Waals surface area contributed by atoms with Gasteiger partial charge in [-0.2, -0.15) is 0 Å². The molecule has 3 rings (SSSR count). The third-order valence-electron chi connectivity index (χ3n) is 4.67. The zero-order valence-electron chi connectivity index (χ0n) is 14.9. The first kappa shape index (κ1) is 18.0. The van der Waals surface area contributed by atoms with E-state index in [0.717, 1.165) is 30.4 Å². The fraction of sp³-hybridized carbons (Fsp3) is 0.421. The second kappa shape index (κ2) is 8.51. The molecule has 0 unspecified atom stereocenters. The first-order valence-corrected chi connectivity index (χ1v) is 8.82. The molecular weight excluding hydrogens is 332 g/mol. The van der Waals surface area contributed by atoms with Crippen molar-refractivity contribution in [3.05, 3.63) is 42.2 Å². The largest absolute Gasteiger partial charge is 0.497 e. The Bertz CT molecular complexity index is 745. The van der Waals surface area contributed by atoms with Gasteiger partial charge in [-0.25, -0.2) is 9.97 Å². The maximum Gasteiger partial charge on any atom is 0.306 e. The van der Waals surface area contributed by atoms with E-state index in [1.54, 1.807) is 13.4 Å². The summed E-state index contributed by atoms with van der Waals surface area (Å²) in [6, 6.07) is 9.94. The number of aliphatic carboxylic acids is 1. The maximum absolute atomic E-state index is 11.1. The number of rotatable bonds is 7. The van der Waals surface area contributed by atoms with Crippen molar-refractivity contribution in [2.45, 2.75) is 19.3 Å². The van der Waals surface area contributed by atoms with E-state index in [1.807, 2.05) is 24.3 Å². The Balaban J connectivity index is 1.53. The standard InChI is InChI=1S/C19H24N4O3/c1-26-16-4-2-3-14(11-16)5-8-20-17-12-18(22-13-21-17)23-9-6-15(7-10-23)19(24)25/h2-4,11-13,15H,5-10H2,1H3,(H,24,25)(H,20,21,22). The smallest absolute Gasteiger partial charge is 0.306 e. The van der Waals surface area contributed by atoms with Crippen LogP contribution in [-0.2, 0) is 11.2 Å². The van der Waals surface area contributed by atoms with Crippen LogP contribution in [0, 0.1) is 5.92 Å². The summed E-state index contributed by atoms with van der Waals surface area (Å²) in [5.41, 5.74) is 1.20. The molecule has 0 atom stereocenters. The average molecular weight is 356 g/mol. The number of hydrogen-bond donors (Lipinski definition) is 2. The Labute approximate surface area is 153 Å². The van der Waals surface area contributed by atoms with Crippen LogP contribution in [0.4, 0.5) is 11.6 Å². The summed E-state index contributed by atoms with van der Waals surface area (Å²) < 4.78 is 5.24. The minimum absolute atomic E-state index is 0.242. The third kappa shape index (κ3) is 4.62. The average Bonchev–Trinajstić information content (AvgIpc) is 2.68. The Morgan fingerprint density at radius 3 is 2.85 bits per heavy atom. The Morgan fingerprint density at radius 2 is 2.12 bits per heavy atom. The monoisotopic (exact) mass is 356 g/mol. The zero-order chi connectivity index (χ0) is 18.4. The van der Waals surface area contributed by atoms with Crippen molar-refractivity contribution >= 4 is 17.6 Å². The fourth-order valence-electron chi connectivity index (χ4n) is 3.14. The lowest BCUT2D eigenvalue weighted by atomic mass is 9.97. The molecule has 0 radical (unpaired) electrons. The molecule has 0 saturated carbocycles. The van der Waals surface area contributed by atoms with Crippen LogP contribution in [0.5, 0.6) is 5.75 Å². The van der Waals surface area contributed by atoms with Crippen molar-refractivity contribution in [2.24, 2.45) is 5.92 Å². The highest BCUT2D eigenvalue weighted by Gasteiger charge is 2.25. The van der Waals surface area contributed by atoms with E-state index in [2.05, 4.69) is 26.3 Å². The van der Waals surface area contributed by atoms with Crippen LogP contribution in [0.2, 0.25) is 0 Å². The lowest BCUT2D eigenvalue weighted by Crippen LogP contribution is -2.36. The molecule has 2 N–H and O–H groups in total. The predicted molar refractivity (Wildman–Crippen MR) is 99.8 cm³/mol. The van der Waals surface area contributed by atoms with Gasteiger partial charge in [-0.3, -0.25) is 4.79 Å². The number of nitrogens with one attached hydrogen (secondary N) is 1. The summed E-state index contributed by atoms with van der Waals surface area (Å²) in [5.74, 6) is 1.53. The number of carboxylic acid groups (broad SMARTS) is 1. The van der Waals surface area contributed by atoms with Gasteiger partial charge < -0.3 is 20.1 Å². The number of methoxy groups -OCH3 is 1. The quantitative estimate of drug-likeness (QED) is 0.788. The molecule has 1 aliphatic rings. The molecule has 0 bridgehead atoms. The number of carbonyl (C=O) groups is 1. The number of ether oxygens (including phenoxy) is 1. The van der Waals surface area contributed by atoms with Gasteiger partial charge in [0, 0.05) is 25.7 Å². The van der Waals surface area contributed by atoms with Crippen molar-refractivity contribution in [1.29, 1.82) is 0 Å². The SMILES string of the molecule is COc1cccc(CCNc2cc(N3CCC(C(=O)O)CC3)ncn2)c1. The highest BCUT2D eigenvalue weighted by molar-refractivity contribution is 5.70. The molecule has 0 amide bonds. The number of piperidine rings is 1. The van der Waals surface area contributed by atoms with Crippen LogP contribution < -0.4 is 15.0 Å². The van der Waals surface area contributed by atoms with Gasteiger partial charge in [0.1, 0.15) is 23.7 Å². The third-order valence-corrected chi connectivity index (χ3v) is 4.67. The maximum atomic E-state index is 11.1. The number of nitrogens with zero attached hydrogens (tertiary/aromatic N) is 3. The molecule has 7 nitrogen and oxygen atoms in total. The Kier molecular flexibility index (Phi) is 5.88. The highest BCUT2D eigenvalue weighted by atomic mass is 16.5. The van der Waals surface area contributed by atoms with Crippen LogP contribution in [0.3, 0.4) is 0 Å². The lowest BCUT2D eigenvalue weighted by molar-refractivity contribution is -0.142. The van der Waals surface area contributed by atoms with Gasteiger partial charge in [-0.1, -0.05) is 12.1 Å². The molecule has 1 saturated heterocycles. The van der Waals surface area contributed by atoms with Crippen LogP contribution in [0.25, 0.3) is 0 Å². The van der Waals surface area contributed by atoms with Crippen molar-refractivity contribution in [3.8, 4) is 5.75 Å². The van der Waals surface area contributed by atoms with Crippen LogP contribution in [-0.4, -0.2) is 47.8 Å². The molecule has 0 spiro atoms. The second-order valence-electron chi connectivity index (χ2n) is 6.39. The summed E-state index contributed by atoms with van der Waals surface area (Å²) in [7, 11) is 1.67. The molecule has 7 heteroatoms. The Hall–Kier alpha value is -2.83. The minimum Gasteiger partial charge on any atom is -0.497 e. The van der Waals surface area contributed by atoms with E-state index in [1.165, 1.54) is 5.56 Å². The Morgan fingerprint density at radius 1 is 1.31 bits per heavy atom. The molecule has 138 valence electrons. The molecule has 0 aliphatic carbocycles. The summed E-state index contributed by atoms with van der Waals surface area (Å²) in [6.07, 6.45) is 3.71. The van der Waals surface area contributed by atoms with E-state index in [4.69, 9.17) is 9.84 Å². The summed E-state index contributed by atoms with van der Waals surface area (Å²) in [4.78, 5) is 21.8. The van der Waals surface area contributed by atoms with Gasteiger partial charge in [-0.15, -0.1) is 0 Å². The molecular formula is C19H24N4O3. The molecule has 2 aromatic rings. The second-order valence-corrected chi connectivity index (χ2v) is 6.39. The van der Waals surface area contributed by atoms with Gasteiger partial charge in [-0.05, 0) is 37.0 Å². The van der Waals surface area contributed by atoms with E-state index in [-0.39, 0.29) is 5.92 Å². The van der Waals surface area contributed by atoms with Crippen LogP contribution in [0.15, 0.2) is 36.7 Å². The van der Waals surface area contributed by atoms with Crippen molar-refractivity contribution < 1.29 is 14.6 Å². The zero-order valence-corrected chi connectivity index (χ0v) is 14.9. The molecule has 2 heterocycles. The number of benzene rings is 1. The van der Waals surface area contributed by atoms with E-state index in [0.29, 0.717) is 25.9 Å². The van der Waals surface area contributed by atoms with Gasteiger partial charge in [0.05, 0.1) is 13.0 Å². The summed E-state index contributed by atoms with van der Waals surface area (Å²) in [6.45, 7) is 2.17. The normalized spacial score (nSPS) is 14.9. The van der Waals surface area contributed by atoms with E-state index < -0.39 is 5.97 Å². The van der Waals surface area contributed by atoms with E-state index in [9.17, 15) is 4.79 Å². The molecule has 1 aliphatic heterocycles. The summed E-state index contributed by atoms with van der Waals surface area (Å²) in [5, 5.41) is 12.4. The van der Waals surface area contributed by atoms with Gasteiger partial charge in [0.2, 0.25) is 0 Å². The number of carboxylic acids is 1. The molecule has 1 aromatic heterocycles. The van der Waals surface area contributed by atoms with Crippen molar-refractivity contribution in [2.75, 3.05) is 37.0 Å². The topological polar surface area (TPSA) is 87.6 Å². The van der Waals surface area contributed by atoms with Crippen LogP contribution >= 0.6 is 0 Å². The van der Waals surface area contributed by atoms with E-state index >= 15 is 0 Å².